The largest absolute Gasteiger partial charge is 0.344 e. The fourth-order valence-electron chi connectivity index (χ4n) is 6.71. The number of para-hydroxylation sites is 1. The lowest BCUT2D eigenvalue weighted by atomic mass is 9.85. The van der Waals surface area contributed by atoms with Crippen LogP contribution in [0, 0.1) is 11.8 Å². The first-order valence-corrected chi connectivity index (χ1v) is 17.9. The van der Waals surface area contributed by atoms with E-state index in [1.807, 2.05) is 62.6 Å². The summed E-state index contributed by atoms with van der Waals surface area (Å²) in [7, 11) is -2.18. The maximum atomic E-state index is 14.8. The van der Waals surface area contributed by atoms with E-state index in [0.717, 1.165) is 47.8 Å². The number of nitrogens with zero attached hydrogens (tertiary/aromatic N) is 6. The topological polar surface area (TPSA) is 157 Å². The number of carbonyl (C=O) groups excluding carboxylic acids is 1. The molecule has 0 radical (unpaired) electrons. The highest BCUT2D eigenvalue weighted by Gasteiger charge is 2.32. The Morgan fingerprint density at radius 1 is 1.04 bits per heavy atom. The van der Waals surface area contributed by atoms with Gasteiger partial charge in [-0.15, -0.1) is 5.10 Å². The van der Waals surface area contributed by atoms with Crippen LogP contribution in [0.1, 0.15) is 70.5 Å². The number of aryl methyl sites for hydroxylation is 3. The molecule has 0 unspecified atom stereocenters. The summed E-state index contributed by atoms with van der Waals surface area (Å²) in [6.45, 7) is 1.83. The number of nitrogens with one attached hydrogen (secondary N) is 3. The van der Waals surface area contributed by atoms with Crippen molar-refractivity contribution in [1.82, 2.24) is 39.0 Å². The van der Waals surface area contributed by atoms with Crippen molar-refractivity contribution in [3.05, 3.63) is 117 Å². The van der Waals surface area contributed by atoms with Gasteiger partial charge in [0.05, 0.1) is 28.9 Å². The van der Waals surface area contributed by atoms with Crippen LogP contribution < -0.4 is 20.3 Å². The smallest absolute Gasteiger partial charge is 0.300 e. The molecular weight excluding hydrogens is 655 g/mol. The van der Waals surface area contributed by atoms with Gasteiger partial charge in [0.1, 0.15) is 5.56 Å². The molecule has 4 heterocycles. The third-order valence-electron chi connectivity index (χ3n) is 9.00. The Labute approximate surface area is 287 Å². The molecule has 0 spiro atoms. The molecular formula is C36H33N9O4S. The Morgan fingerprint density at radius 2 is 1.86 bits per heavy atom. The molecule has 0 bridgehead atoms. The Kier molecular flexibility index (Phi) is 7.73. The van der Waals surface area contributed by atoms with Gasteiger partial charge in [0.25, 0.3) is 11.5 Å². The summed E-state index contributed by atoms with van der Waals surface area (Å²) in [5.74, 6) is 5.64. The van der Waals surface area contributed by atoms with Crippen LogP contribution in [0.3, 0.4) is 0 Å². The third kappa shape index (κ3) is 5.80. The van der Waals surface area contributed by atoms with Crippen molar-refractivity contribution >= 4 is 38.4 Å². The Hall–Kier alpha value is -5.78. The van der Waals surface area contributed by atoms with Crippen LogP contribution in [0.5, 0.6) is 0 Å². The van der Waals surface area contributed by atoms with Crippen molar-refractivity contribution in [3.63, 3.8) is 0 Å². The van der Waals surface area contributed by atoms with Crippen LogP contribution in [-0.4, -0.2) is 49.3 Å². The van der Waals surface area contributed by atoms with Gasteiger partial charge >= 0.3 is 10.2 Å². The van der Waals surface area contributed by atoms with Crippen LogP contribution in [0.15, 0.2) is 78.1 Å². The van der Waals surface area contributed by atoms with E-state index in [-0.39, 0.29) is 28.6 Å². The molecule has 8 rings (SSSR count). The van der Waals surface area contributed by atoms with E-state index in [9.17, 15) is 18.0 Å². The maximum absolute atomic E-state index is 14.8. The second-order valence-corrected chi connectivity index (χ2v) is 14.1. The van der Waals surface area contributed by atoms with Crippen molar-refractivity contribution in [3.8, 4) is 17.5 Å². The van der Waals surface area contributed by atoms with Crippen molar-refractivity contribution in [2.45, 2.75) is 51.1 Å². The first-order valence-electron chi connectivity index (χ1n) is 16.4. The zero-order valence-electron chi connectivity index (χ0n) is 27.3. The predicted octanol–water partition coefficient (Wildman–Crippen LogP) is 3.56. The number of rotatable bonds is 8. The highest BCUT2D eigenvalue weighted by Crippen LogP contribution is 2.36. The molecule has 13 nitrogen and oxygen atoms in total. The van der Waals surface area contributed by atoms with Gasteiger partial charge in [0.2, 0.25) is 0 Å². The predicted molar refractivity (Wildman–Crippen MR) is 188 cm³/mol. The highest BCUT2D eigenvalue weighted by molar-refractivity contribution is 7.90. The van der Waals surface area contributed by atoms with Crippen LogP contribution in [-0.2, 0) is 30.1 Å². The van der Waals surface area contributed by atoms with E-state index in [4.69, 9.17) is 0 Å². The number of fused-ring (bicyclic) bond motifs is 1. The van der Waals surface area contributed by atoms with E-state index < -0.39 is 22.2 Å². The molecule has 6 aromatic rings. The van der Waals surface area contributed by atoms with E-state index in [2.05, 4.69) is 41.8 Å². The van der Waals surface area contributed by atoms with Gasteiger partial charge in [0.15, 0.2) is 11.5 Å². The molecule has 50 heavy (non-hydrogen) atoms. The van der Waals surface area contributed by atoms with E-state index >= 15 is 0 Å². The minimum Gasteiger partial charge on any atom is -0.344 e. The number of hydrogen-bond acceptors (Lipinski definition) is 7. The molecule has 1 saturated carbocycles. The van der Waals surface area contributed by atoms with Crippen molar-refractivity contribution in [2.24, 2.45) is 7.05 Å². The van der Waals surface area contributed by atoms with Crippen LogP contribution in [0.2, 0.25) is 0 Å². The molecule has 2 aliphatic rings. The van der Waals surface area contributed by atoms with Crippen LogP contribution in [0.4, 0.5) is 5.82 Å². The van der Waals surface area contributed by atoms with Gasteiger partial charge in [-0.1, -0.05) is 36.1 Å². The summed E-state index contributed by atoms with van der Waals surface area (Å²) in [5, 5.41) is 13.0. The first kappa shape index (κ1) is 31.5. The normalized spacial score (nSPS) is 14.7. The zero-order chi connectivity index (χ0) is 34.6. The molecule has 3 N–H and O–H groups in total. The average Bonchev–Trinajstić information content (AvgIpc) is 3.68. The molecule has 0 aliphatic heterocycles. The zero-order valence-corrected chi connectivity index (χ0v) is 28.2. The van der Waals surface area contributed by atoms with Gasteiger partial charge in [0, 0.05) is 42.9 Å². The van der Waals surface area contributed by atoms with Gasteiger partial charge in [-0.05, 0) is 79.8 Å². The minimum atomic E-state index is -4.01. The Balaban J connectivity index is 1.27. The van der Waals surface area contributed by atoms with Gasteiger partial charge < -0.3 is 5.32 Å². The van der Waals surface area contributed by atoms with Crippen molar-refractivity contribution in [1.29, 1.82) is 0 Å². The number of anilines is 1. The number of pyridine rings is 1. The number of benzene rings is 2. The second-order valence-electron chi connectivity index (χ2n) is 12.7. The summed E-state index contributed by atoms with van der Waals surface area (Å²) in [5.41, 5.74) is 4.54. The molecule has 14 heteroatoms. The highest BCUT2D eigenvalue weighted by atomic mass is 32.2. The fraction of sp³-hybridized carbons (Fsp3) is 0.250. The van der Waals surface area contributed by atoms with Gasteiger partial charge in [-0.3, -0.25) is 23.6 Å². The summed E-state index contributed by atoms with van der Waals surface area (Å²) in [6, 6.07) is 14.1. The van der Waals surface area contributed by atoms with Crippen molar-refractivity contribution < 1.29 is 13.2 Å². The summed E-state index contributed by atoms with van der Waals surface area (Å²) in [6.07, 6.45) is 10.4. The molecule has 1 amide bonds. The quantitative estimate of drug-likeness (QED) is 0.207. The molecule has 2 aliphatic carbocycles. The lowest BCUT2D eigenvalue weighted by Gasteiger charge is -2.28. The van der Waals surface area contributed by atoms with Gasteiger partial charge in [-0.25, -0.2) is 9.50 Å². The Bertz CT molecular complexity index is 2560. The lowest BCUT2D eigenvalue weighted by Crippen LogP contribution is -2.35. The number of amides is 1. The van der Waals surface area contributed by atoms with Crippen LogP contribution in [0.25, 0.3) is 22.1 Å². The average molecular weight is 688 g/mol. The molecule has 1 atom stereocenters. The number of hydrogen-bond donors (Lipinski definition) is 3. The SMILES string of the molecule is C[C@H](NC(=O)c1c(NS(=O)(=O)NC2CC2)nn2cccnc12)c1c2c3c(ccc(C#Cc4cnn(C)c4)c3c(=O)n1-c1ccccc1)CCC2. The standard InChI is InChI=1S/C36H33N9O4S/c1-22(39-35(46)31-33(40-44-19-7-18-37-34(31)44)42-50(48,49)41-26-16-17-26)32-28-11-6-8-24-14-15-25(13-12-23-20-38-43(2)21-23)30(29(24)28)36(47)45(32)27-9-4-3-5-10-27/h3-5,7,9-10,14-15,18-22,26,41H,6,8,11,16-17H2,1-2H3,(H,39,46)(H,40,42)/t22-/m0/s1. The third-order valence-corrected chi connectivity index (χ3v) is 10.1. The lowest BCUT2D eigenvalue weighted by molar-refractivity contribution is 0.0941. The van der Waals surface area contributed by atoms with E-state index in [0.29, 0.717) is 28.8 Å². The summed E-state index contributed by atoms with van der Waals surface area (Å²) >= 11 is 0. The molecule has 1 fully saturated rings. The van der Waals surface area contributed by atoms with Gasteiger partial charge in [-0.2, -0.15) is 18.2 Å². The van der Waals surface area contributed by atoms with Crippen LogP contribution >= 0.6 is 0 Å². The monoisotopic (exact) mass is 687 g/mol. The molecule has 252 valence electrons. The summed E-state index contributed by atoms with van der Waals surface area (Å²) < 4.78 is 35.5. The molecule has 0 saturated heterocycles. The number of carbonyl (C=O) groups is 1. The summed E-state index contributed by atoms with van der Waals surface area (Å²) in [4.78, 5) is 33.4. The first-order chi connectivity index (χ1) is 24.2. The second kappa shape index (κ2) is 12.3. The Morgan fingerprint density at radius 3 is 2.62 bits per heavy atom. The van der Waals surface area contributed by atoms with E-state index in [1.165, 1.54) is 10.7 Å². The molecule has 4 aromatic heterocycles. The van der Waals surface area contributed by atoms with Crippen molar-refractivity contribution in [2.75, 3.05) is 4.72 Å². The number of aromatic nitrogens is 6. The van der Waals surface area contributed by atoms with E-state index in [1.54, 1.807) is 27.7 Å². The minimum absolute atomic E-state index is 0.0321. The molecule has 2 aromatic carbocycles. The maximum Gasteiger partial charge on any atom is 0.300 e. The fourth-order valence-corrected chi connectivity index (χ4v) is 7.84.